The lowest BCUT2D eigenvalue weighted by Gasteiger charge is -2.17. The van der Waals surface area contributed by atoms with Crippen molar-refractivity contribution in [1.82, 2.24) is 0 Å². The van der Waals surface area contributed by atoms with E-state index in [0.29, 0.717) is 8.96 Å². The molecule has 4 heteroatoms. The van der Waals surface area contributed by atoms with Gasteiger partial charge in [-0.25, -0.2) is 0 Å². The molecule has 2 aromatic carbocycles. The van der Waals surface area contributed by atoms with Gasteiger partial charge in [0.1, 0.15) is 12.2 Å². The highest BCUT2D eigenvalue weighted by atomic mass is 79.9. The summed E-state index contributed by atoms with van der Waals surface area (Å²) in [7, 11) is 0. The van der Waals surface area contributed by atoms with E-state index in [2.05, 4.69) is 31.9 Å². The second kappa shape index (κ2) is 8.44. The van der Waals surface area contributed by atoms with Gasteiger partial charge in [-0.1, -0.05) is 92.5 Å². The number of benzene rings is 2. The first-order valence-electron chi connectivity index (χ1n) is 6.78. The number of rotatable bonds is 5. The van der Waals surface area contributed by atoms with Crippen LogP contribution in [0, 0.1) is 0 Å². The van der Waals surface area contributed by atoms with E-state index in [1.807, 2.05) is 60.7 Å². The minimum absolute atomic E-state index is 0.518. The average molecular weight is 424 g/mol. The quantitative estimate of drug-likeness (QED) is 0.738. The van der Waals surface area contributed by atoms with Crippen molar-refractivity contribution in [1.29, 1.82) is 0 Å². The van der Waals surface area contributed by atoms with Gasteiger partial charge in [-0.3, -0.25) is 0 Å². The summed E-state index contributed by atoms with van der Waals surface area (Å²) >= 11 is 6.67. The van der Waals surface area contributed by atoms with E-state index in [9.17, 15) is 10.2 Å². The van der Waals surface area contributed by atoms with Crippen LogP contribution in [0.15, 0.2) is 69.6 Å². The smallest absolute Gasteiger partial charge is 0.116 e. The zero-order valence-electron chi connectivity index (χ0n) is 11.7. The van der Waals surface area contributed by atoms with Crippen LogP contribution in [0.3, 0.4) is 0 Å². The maximum Gasteiger partial charge on any atom is 0.116 e. The Morgan fingerprint density at radius 1 is 0.682 bits per heavy atom. The molecule has 0 aliphatic heterocycles. The predicted octanol–water partition coefficient (Wildman–Crippen LogP) is 4.58. The van der Waals surface area contributed by atoms with Gasteiger partial charge in [-0.15, -0.1) is 0 Å². The second-order valence-electron chi connectivity index (χ2n) is 4.77. The van der Waals surface area contributed by atoms with Crippen LogP contribution >= 0.6 is 31.9 Å². The highest BCUT2D eigenvalue weighted by molar-refractivity contribution is 9.12. The average Bonchev–Trinajstić information content (AvgIpc) is 2.55. The molecule has 2 nitrogen and oxygen atoms in total. The Bertz CT molecular complexity index is 592. The van der Waals surface area contributed by atoms with E-state index in [4.69, 9.17) is 0 Å². The lowest BCUT2D eigenvalue weighted by atomic mass is 10.1. The van der Waals surface area contributed by atoms with Crippen molar-refractivity contribution in [3.63, 3.8) is 0 Å². The monoisotopic (exact) mass is 422 g/mol. The topological polar surface area (TPSA) is 40.5 Å². The zero-order chi connectivity index (χ0) is 15.9. The summed E-state index contributed by atoms with van der Waals surface area (Å²) in [5.74, 6) is 0. The van der Waals surface area contributed by atoms with E-state index >= 15 is 0 Å². The molecule has 0 bridgehead atoms. The Morgan fingerprint density at radius 2 is 1.00 bits per heavy atom. The fourth-order valence-corrected chi connectivity index (χ4v) is 2.92. The van der Waals surface area contributed by atoms with Crippen molar-refractivity contribution >= 4 is 44.0 Å². The van der Waals surface area contributed by atoms with Crippen LogP contribution in [-0.4, -0.2) is 22.4 Å². The molecule has 22 heavy (non-hydrogen) atoms. The predicted molar refractivity (Wildman–Crippen MR) is 98.7 cm³/mol. The van der Waals surface area contributed by atoms with Gasteiger partial charge in [0.05, 0.1) is 0 Å². The van der Waals surface area contributed by atoms with Gasteiger partial charge in [0.15, 0.2) is 0 Å². The van der Waals surface area contributed by atoms with Crippen LogP contribution < -0.4 is 0 Å². The normalized spacial score (nSPS) is 15.5. The Morgan fingerprint density at radius 3 is 1.32 bits per heavy atom. The molecule has 0 saturated heterocycles. The molecule has 0 aliphatic carbocycles. The first-order chi connectivity index (χ1) is 10.6. The maximum absolute atomic E-state index is 10.3. The van der Waals surface area contributed by atoms with E-state index in [1.54, 1.807) is 12.2 Å². The lowest BCUT2D eigenvalue weighted by molar-refractivity contribution is 0.0782. The summed E-state index contributed by atoms with van der Waals surface area (Å²) in [5.41, 5.74) is 1.90. The standard InChI is InChI=1S/C18H16Br2O2/c19-15(11-13-7-3-1-4-8-13)17(21)18(22)16(20)12-14-9-5-2-6-10-14/h1-12,17-18,21-22H/b15-11-,16-12-/t17-,18-/m1/s1. The maximum atomic E-state index is 10.3. The third-order valence-electron chi connectivity index (χ3n) is 3.07. The number of aliphatic hydroxyl groups excluding tert-OH is 2. The highest BCUT2D eigenvalue weighted by Crippen LogP contribution is 2.25. The van der Waals surface area contributed by atoms with Crippen molar-refractivity contribution in [2.24, 2.45) is 0 Å². The molecule has 114 valence electrons. The number of hydrogen-bond acceptors (Lipinski definition) is 2. The van der Waals surface area contributed by atoms with E-state index < -0.39 is 12.2 Å². The van der Waals surface area contributed by atoms with Crippen molar-refractivity contribution in [2.75, 3.05) is 0 Å². The lowest BCUT2D eigenvalue weighted by Crippen LogP contribution is -2.26. The van der Waals surface area contributed by atoms with Crippen LogP contribution in [0.1, 0.15) is 11.1 Å². The number of halogens is 2. The third kappa shape index (κ3) is 4.92. The molecule has 2 rings (SSSR count). The molecule has 2 atom stereocenters. The van der Waals surface area contributed by atoms with Crippen LogP contribution in [0.5, 0.6) is 0 Å². The highest BCUT2D eigenvalue weighted by Gasteiger charge is 2.21. The van der Waals surface area contributed by atoms with Crippen LogP contribution in [0.2, 0.25) is 0 Å². The third-order valence-corrected chi connectivity index (χ3v) is 4.47. The molecule has 2 aromatic rings. The van der Waals surface area contributed by atoms with Crippen LogP contribution in [-0.2, 0) is 0 Å². The van der Waals surface area contributed by atoms with Gasteiger partial charge in [0.25, 0.3) is 0 Å². The Kier molecular flexibility index (Phi) is 6.58. The molecule has 2 N–H and O–H groups in total. The minimum Gasteiger partial charge on any atom is -0.385 e. The molecule has 0 amide bonds. The Hall–Kier alpha value is -1.20. The second-order valence-corrected chi connectivity index (χ2v) is 6.60. The van der Waals surface area contributed by atoms with Gasteiger partial charge in [-0.2, -0.15) is 0 Å². The van der Waals surface area contributed by atoms with Gasteiger partial charge < -0.3 is 10.2 Å². The summed E-state index contributed by atoms with van der Waals surface area (Å²) in [6.07, 6.45) is 1.48. The summed E-state index contributed by atoms with van der Waals surface area (Å²) in [4.78, 5) is 0. The molecule has 0 aliphatic rings. The van der Waals surface area contributed by atoms with Crippen LogP contribution in [0.25, 0.3) is 12.2 Å². The molecule has 0 fully saturated rings. The summed E-state index contributed by atoms with van der Waals surface area (Å²) < 4.78 is 1.04. The largest absolute Gasteiger partial charge is 0.385 e. The molecule has 0 radical (unpaired) electrons. The molecular formula is C18H16Br2O2. The van der Waals surface area contributed by atoms with Gasteiger partial charge >= 0.3 is 0 Å². The van der Waals surface area contributed by atoms with Gasteiger partial charge in [0, 0.05) is 8.96 Å². The molecule has 0 unspecified atom stereocenters. The van der Waals surface area contributed by atoms with Gasteiger partial charge in [0.2, 0.25) is 0 Å². The van der Waals surface area contributed by atoms with E-state index in [1.165, 1.54) is 0 Å². The summed E-state index contributed by atoms with van der Waals surface area (Å²) in [6.45, 7) is 0. The van der Waals surface area contributed by atoms with Crippen molar-refractivity contribution in [2.45, 2.75) is 12.2 Å². The first kappa shape index (κ1) is 17.2. The summed E-state index contributed by atoms with van der Waals surface area (Å²) in [6, 6.07) is 19.2. The molecular weight excluding hydrogens is 408 g/mol. The molecule has 0 aromatic heterocycles. The Labute approximate surface area is 147 Å². The van der Waals surface area contributed by atoms with Crippen molar-refractivity contribution in [3.05, 3.63) is 80.8 Å². The molecule has 0 heterocycles. The van der Waals surface area contributed by atoms with Crippen molar-refractivity contribution in [3.8, 4) is 0 Å². The van der Waals surface area contributed by atoms with E-state index in [-0.39, 0.29) is 0 Å². The first-order valence-corrected chi connectivity index (χ1v) is 8.37. The fraction of sp³-hybridized carbons (Fsp3) is 0.111. The number of hydrogen-bond donors (Lipinski definition) is 2. The molecule has 0 spiro atoms. The Balaban J connectivity index is 2.13. The minimum atomic E-state index is -1.05. The SMILES string of the molecule is O[C@H](/C(Br)=C/c1ccccc1)[C@H](O)/C(Br)=C/c1ccccc1. The summed E-state index contributed by atoms with van der Waals surface area (Å²) in [5, 5.41) is 20.5. The fourth-order valence-electron chi connectivity index (χ4n) is 1.89. The van der Waals surface area contributed by atoms with Crippen molar-refractivity contribution < 1.29 is 10.2 Å². The zero-order valence-corrected chi connectivity index (χ0v) is 14.9. The molecule has 0 saturated carbocycles. The van der Waals surface area contributed by atoms with Crippen LogP contribution in [0.4, 0.5) is 0 Å². The van der Waals surface area contributed by atoms with E-state index in [0.717, 1.165) is 11.1 Å². The number of aliphatic hydroxyl groups is 2. The van der Waals surface area contributed by atoms with Gasteiger partial charge in [-0.05, 0) is 23.3 Å².